The highest BCUT2D eigenvalue weighted by Crippen LogP contribution is 2.33. The second-order valence-electron chi connectivity index (χ2n) is 5.70. The van der Waals surface area contributed by atoms with Gasteiger partial charge in [0.25, 0.3) is 0 Å². The maximum Gasteiger partial charge on any atom is 0.332 e. The molecule has 6 nitrogen and oxygen atoms in total. The van der Waals surface area contributed by atoms with E-state index in [0.29, 0.717) is 32.4 Å². The molecule has 1 aromatic heterocycles. The Kier molecular flexibility index (Phi) is 5.55. The molecule has 0 atom stereocenters. The maximum absolute atomic E-state index is 13.0. The summed E-state index contributed by atoms with van der Waals surface area (Å²) in [7, 11) is -4.75. The van der Waals surface area contributed by atoms with Crippen LogP contribution in [0.25, 0.3) is 23.3 Å². The van der Waals surface area contributed by atoms with Crippen molar-refractivity contribution in [1.29, 1.82) is 0 Å². The zero-order valence-electron chi connectivity index (χ0n) is 14.1. The number of nitrogen functional groups attached to an aromatic ring is 2. The van der Waals surface area contributed by atoms with Crippen molar-refractivity contribution in [3.05, 3.63) is 63.8 Å². The van der Waals surface area contributed by atoms with Crippen molar-refractivity contribution in [2.45, 2.75) is 4.90 Å². The monoisotopic (exact) mass is 438 g/mol. The molecule has 0 aliphatic carbocycles. The Morgan fingerprint density at radius 1 is 0.929 bits per heavy atom. The molecule has 3 rings (SSSR count). The highest BCUT2D eigenvalue weighted by atomic mass is 35.5. The molecule has 1 heterocycles. The smallest absolute Gasteiger partial charge is 0.332 e. The van der Waals surface area contributed by atoms with Crippen molar-refractivity contribution in [3.8, 4) is 11.1 Å². The Hall–Kier alpha value is -2.68. The minimum atomic E-state index is -4.75. The van der Waals surface area contributed by atoms with Crippen molar-refractivity contribution in [2.24, 2.45) is 0 Å². The Balaban J connectivity index is 2.04. The van der Waals surface area contributed by atoms with Crippen LogP contribution in [0.5, 0.6) is 0 Å². The minimum absolute atomic E-state index is 0.0140. The number of aromatic nitrogens is 2. The van der Waals surface area contributed by atoms with Gasteiger partial charge in [-0.15, -0.1) is 3.89 Å². The average Bonchev–Trinajstić information content (AvgIpc) is 2.62. The van der Waals surface area contributed by atoms with Gasteiger partial charge >= 0.3 is 10.2 Å². The molecule has 0 radical (unpaired) electrons. The molecular formula is C18H13Cl2FN4O2S. The lowest BCUT2D eigenvalue weighted by Crippen LogP contribution is -2.04. The molecule has 0 saturated heterocycles. The third-order valence-corrected chi connectivity index (χ3v) is 5.36. The Bertz CT molecular complexity index is 1180. The van der Waals surface area contributed by atoms with E-state index in [2.05, 4.69) is 9.97 Å². The van der Waals surface area contributed by atoms with Crippen LogP contribution in [-0.4, -0.2) is 18.4 Å². The molecule has 144 valence electrons. The summed E-state index contributed by atoms with van der Waals surface area (Å²) in [6.07, 6.45) is 3.28. The van der Waals surface area contributed by atoms with Crippen LogP contribution in [0.1, 0.15) is 11.3 Å². The Labute approximate surface area is 170 Å². The normalized spacial score (nSPS) is 11.8. The topological polar surface area (TPSA) is 112 Å². The molecule has 2 aromatic carbocycles. The quantitative estimate of drug-likeness (QED) is 0.582. The lowest BCUT2D eigenvalue weighted by molar-refractivity contribution is 0.552. The van der Waals surface area contributed by atoms with Crippen LogP contribution < -0.4 is 11.5 Å². The van der Waals surface area contributed by atoms with E-state index in [-0.39, 0.29) is 11.8 Å². The van der Waals surface area contributed by atoms with Gasteiger partial charge in [-0.25, -0.2) is 4.98 Å². The van der Waals surface area contributed by atoms with Gasteiger partial charge < -0.3 is 11.5 Å². The van der Waals surface area contributed by atoms with Crippen molar-refractivity contribution < 1.29 is 12.3 Å². The van der Waals surface area contributed by atoms with Crippen LogP contribution in [-0.2, 0) is 10.2 Å². The Morgan fingerprint density at radius 3 is 2.21 bits per heavy atom. The molecule has 0 spiro atoms. The molecule has 0 aliphatic rings. The van der Waals surface area contributed by atoms with Gasteiger partial charge in [0.05, 0.1) is 20.6 Å². The van der Waals surface area contributed by atoms with E-state index in [1.807, 2.05) is 0 Å². The van der Waals surface area contributed by atoms with E-state index in [9.17, 15) is 12.3 Å². The zero-order chi connectivity index (χ0) is 20.5. The molecule has 0 fully saturated rings. The second kappa shape index (κ2) is 7.75. The van der Waals surface area contributed by atoms with Crippen LogP contribution in [0.15, 0.2) is 47.4 Å². The fourth-order valence-corrected chi connectivity index (χ4v) is 3.26. The van der Waals surface area contributed by atoms with E-state index < -0.39 is 15.1 Å². The number of nitrogens with zero attached hydrogens (tertiary/aromatic N) is 2. The van der Waals surface area contributed by atoms with Crippen molar-refractivity contribution in [3.63, 3.8) is 0 Å². The van der Waals surface area contributed by atoms with Crippen LogP contribution in [0, 0.1) is 0 Å². The zero-order valence-corrected chi connectivity index (χ0v) is 16.4. The molecule has 0 aliphatic heterocycles. The molecule has 0 unspecified atom stereocenters. The summed E-state index contributed by atoms with van der Waals surface area (Å²) in [5, 5.41) is 0.730. The summed E-state index contributed by atoms with van der Waals surface area (Å²) in [6, 6.07) is 10.2. The van der Waals surface area contributed by atoms with E-state index in [1.54, 1.807) is 30.4 Å². The molecule has 3 aromatic rings. The van der Waals surface area contributed by atoms with Gasteiger partial charge in [0.15, 0.2) is 0 Å². The lowest BCUT2D eigenvalue weighted by Gasteiger charge is -2.10. The van der Waals surface area contributed by atoms with Crippen LogP contribution in [0.4, 0.5) is 15.7 Å². The van der Waals surface area contributed by atoms with Gasteiger partial charge in [-0.2, -0.15) is 13.4 Å². The van der Waals surface area contributed by atoms with Crippen molar-refractivity contribution >= 4 is 57.3 Å². The van der Waals surface area contributed by atoms with Crippen LogP contribution >= 0.6 is 23.2 Å². The number of halogens is 3. The molecule has 10 heteroatoms. The van der Waals surface area contributed by atoms with Gasteiger partial charge in [-0.05, 0) is 41.5 Å². The summed E-state index contributed by atoms with van der Waals surface area (Å²) in [4.78, 5) is 7.76. The molecule has 0 amide bonds. The second-order valence-corrected chi connectivity index (χ2v) is 7.86. The first-order valence-corrected chi connectivity index (χ1v) is 9.90. The van der Waals surface area contributed by atoms with Crippen molar-refractivity contribution in [2.75, 3.05) is 11.5 Å². The summed E-state index contributed by atoms with van der Waals surface area (Å²) < 4.78 is 34.8. The van der Waals surface area contributed by atoms with E-state index in [4.69, 9.17) is 34.7 Å². The van der Waals surface area contributed by atoms with E-state index in [1.165, 1.54) is 12.1 Å². The third-order valence-electron chi connectivity index (χ3n) is 3.79. The number of hydrogen-bond acceptors (Lipinski definition) is 6. The molecule has 4 N–H and O–H groups in total. The largest absolute Gasteiger partial charge is 0.383 e. The van der Waals surface area contributed by atoms with Gasteiger partial charge in [0.2, 0.25) is 5.95 Å². The fourth-order valence-electron chi connectivity index (χ4n) is 2.50. The predicted octanol–water partition coefficient (Wildman–Crippen LogP) is 4.44. The van der Waals surface area contributed by atoms with Crippen LogP contribution in [0.3, 0.4) is 0 Å². The Morgan fingerprint density at radius 2 is 1.61 bits per heavy atom. The SMILES string of the molecule is Nc1nc(N)c(-c2ccc(Cl)c(Cl)c2)c(/C=C\c2ccc(S(=O)(=O)F)cc2)n1. The lowest BCUT2D eigenvalue weighted by atomic mass is 10.0. The first-order chi connectivity index (χ1) is 13.1. The van der Waals surface area contributed by atoms with Gasteiger partial charge in [-0.1, -0.05) is 47.5 Å². The summed E-state index contributed by atoms with van der Waals surface area (Å²) in [5.74, 6) is 0.143. The molecule has 0 saturated carbocycles. The average molecular weight is 439 g/mol. The highest BCUT2D eigenvalue weighted by Gasteiger charge is 2.14. The number of hydrogen-bond donors (Lipinski definition) is 2. The number of anilines is 2. The van der Waals surface area contributed by atoms with E-state index in [0.717, 1.165) is 12.1 Å². The minimum Gasteiger partial charge on any atom is -0.383 e. The summed E-state index contributed by atoms with van der Waals surface area (Å²) in [5.41, 5.74) is 13.9. The highest BCUT2D eigenvalue weighted by molar-refractivity contribution is 7.86. The predicted molar refractivity (Wildman–Crippen MR) is 110 cm³/mol. The number of benzene rings is 2. The standard InChI is InChI=1S/C18H13Cl2FN4O2S/c19-13-7-4-11(9-14(13)20)16-15(24-18(23)25-17(16)22)8-3-10-1-5-12(6-2-10)28(21,26)27/h1-9H,(H4,22,23,24,25)/b8-3-. The van der Waals surface area contributed by atoms with Crippen molar-refractivity contribution in [1.82, 2.24) is 9.97 Å². The number of rotatable bonds is 4. The van der Waals surface area contributed by atoms with Gasteiger partial charge in [0, 0.05) is 5.56 Å². The summed E-state index contributed by atoms with van der Waals surface area (Å²) in [6.45, 7) is 0. The molecule has 0 bridgehead atoms. The number of nitrogens with two attached hydrogens (primary N) is 2. The maximum atomic E-state index is 13.0. The molecular weight excluding hydrogens is 426 g/mol. The molecule has 28 heavy (non-hydrogen) atoms. The first-order valence-electron chi connectivity index (χ1n) is 7.76. The van der Waals surface area contributed by atoms with Gasteiger partial charge in [-0.3, -0.25) is 0 Å². The van der Waals surface area contributed by atoms with E-state index >= 15 is 0 Å². The first kappa shape index (κ1) is 20.1. The van der Waals surface area contributed by atoms with Crippen LogP contribution in [0.2, 0.25) is 10.0 Å². The fraction of sp³-hybridized carbons (Fsp3) is 0. The third kappa shape index (κ3) is 4.41. The van der Waals surface area contributed by atoms with Gasteiger partial charge in [0.1, 0.15) is 5.82 Å². The summed E-state index contributed by atoms with van der Waals surface area (Å²) >= 11 is 12.0.